The van der Waals surface area contributed by atoms with Gasteiger partial charge in [-0.2, -0.15) is 0 Å². The number of benzene rings is 1. The van der Waals surface area contributed by atoms with Crippen LogP contribution < -0.4 is 5.32 Å². The number of aliphatic hydroxyl groups excluding tert-OH is 1. The first-order valence-corrected chi connectivity index (χ1v) is 8.17. The molecule has 2 aromatic rings. The number of aliphatic hydroxyl groups is 1. The highest BCUT2D eigenvalue weighted by Crippen LogP contribution is 2.13. The van der Waals surface area contributed by atoms with Crippen LogP contribution in [0.2, 0.25) is 0 Å². The first-order valence-electron chi connectivity index (χ1n) is 8.17. The Morgan fingerprint density at radius 2 is 1.92 bits per heavy atom. The molecule has 0 bridgehead atoms. The van der Waals surface area contributed by atoms with Crippen molar-refractivity contribution in [3.05, 3.63) is 54.1 Å². The summed E-state index contributed by atoms with van der Waals surface area (Å²) in [4.78, 5) is 22.8. The van der Waals surface area contributed by atoms with E-state index in [9.17, 15) is 9.90 Å². The first kappa shape index (κ1) is 17.9. The summed E-state index contributed by atoms with van der Waals surface area (Å²) in [5, 5.41) is 12.0. The number of amides is 2. The fourth-order valence-electron chi connectivity index (χ4n) is 2.35. The first-order chi connectivity index (χ1) is 11.6. The minimum Gasteiger partial charge on any atom is -0.396 e. The van der Waals surface area contributed by atoms with Gasteiger partial charge in [-0.1, -0.05) is 37.3 Å². The Labute approximate surface area is 142 Å². The molecule has 0 aliphatic heterocycles. The van der Waals surface area contributed by atoms with Gasteiger partial charge in [0.05, 0.1) is 18.1 Å². The number of nitrogens with zero attached hydrogens (tertiary/aromatic N) is 3. The van der Waals surface area contributed by atoms with Gasteiger partial charge in [0.1, 0.15) is 5.82 Å². The Hall–Kier alpha value is -2.47. The molecule has 128 valence electrons. The fraction of sp³-hybridized carbons (Fsp3) is 0.389. The fourth-order valence-corrected chi connectivity index (χ4v) is 2.35. The molecule has 0 fully saturated rings. The second-order valence-corrected chi connectivity index (χ2v) is 5.65. The molecule has 0 aliphatic rings. The molecule has 0 saturated heterocycles. The SMILES string of the molecule is CCc1ncc(NC(=O)N(Cc2ccccc2)C(C)CCO)cn1. The number of hydrogen-bond acceptors (Lipinski definition) is 4. The summed E-state index contributed by atoms with van der Waals surface area (Å²) in [5.41, 5.74) is 1.60. The third-order valence-electron chi connectivity index (χ3n) is 3.81. The number of rotatable bonds is 7. The van der Waals surface area contributed by atoms with Gasteiger partial charge in [-0.25, -0.2) is 14.8 Å². The van der Waals surface area contributed by atoms with Crippen LogP contribution in [0.4, 0.5) is 10.5 Å². The van der Waals surface area contributed by atoms with E-state index in [1.54, 1.807) is 17.3 Å². The van der Waals surface area contributed by atoms with Crippen LogP contribution in [0.5, 0.6) is 0 Å². The predicted octanol–water partition coefficient (Wildman–Crippen LogP) is 2.84. The summed E-state index contributed by atoms with van der Waals surface area (Å²) in [7, 11) is 0. The molecule has 24 heavy (non-hydrogen) atoms. The average Bonchev–Trinajstić information content (AvgIpc) is 2.61. The molecule has 2 N–H and O–H groups in total. The summed E-state index contributed by atoms with van der Waals surface area (Å²) in [6.45, 7) is 4.41. The third kappa shape index (κ3) is 5.03. The lowest BCUT2D eigenvalue weighted by molar-refractivity contribution is 0.169. The van der Waals surface area contributed by atoms with Crippen LogP contribution in [0.1, 0.15) is 31.7 Å². The molecular formula is C18H24N4O2. The van der Waals surface area contributed by atoms with Crippen LogP contribution in [-0.4, -0.2) is 38.7 Å². The topological polar surface area (TPSA) is 78.4 Å². The van der Waals surface area contributed by atoms with E-state index < -0.39 is 0 Å². The van der Waals surface area contributed by atoms with Crippen LogP contribution in [0.25, 0.3) is 0 Å². The number of urea groups is 1. The van der Waals surface area contributed by atoms with Gasteiger partial charge in [0.15, 0.2) is 0 Å². The molecule has 0 saturated carbocycles. The monoisotopic (exact) mass is 328 g/mol. The van der Waals surface area contributed by atoms with Gasteiger partial charge in [-0.3, -0.25) is 0 Å². The highest BCUT2D eigenvalue weighted by Gasteiger charge is 2.20. The van der Waals surface area contributed by atoms with Gasteiger partial charge in [0.2, 0.25) is 0 Å². The number of aryl methyl sites for hydroxylation is 1. The summed E-state index contributed by atoms with van der Waals surface area (Å²) in [6, 6.07) is 9.46. The summed E-state index contributed by atoms with van der Waals surface area (Å²) in [6.07, 6.45) is 4.50. The predicted molar refractivity (Wildman–Crippen MR) is 93.6 cm³/mol. The highest BCUT2D eigenvalue weighted by atomic mass is 16.3. The number of carbonyl (C=O) groups excluding carboxylic acids is 1. The van der Waals surface area contributed by atoms with E-state index in [0.29, 0.717) is 18.7 Å². The summed E-state index contributed by atoms with van der Waals surface area (Å²) in [5.74, 6) is 0.739. The van der Waals surface area contributed by atoms with Gasteiger partial charge in [-0.15, -0.1) is 0 Å². The van der Waals surface area contributed by atoms with E-state index in [-0.39, 0.29) is 18.7 Å². The van der Waals surface area contributed by atoms with Crippen molar-refractivity contribution in [1.82, 2.24) is 14.9 Å². The smallest absolute Gasteiger partial charge is 0.322 e. The number of hydrogen-bond donors (Lipinski definition) is 2. The van der Waals surface area contributed by atoms with Crippen LogP contribution in [0.3, 0.4) is 0 Å². The lowest BCUT2D eigenvalue weighted by Gasteiger charge is -2.29. The molecule has 6 nitrogen and oxygen atoms in total. The zero-order chi connectivity index (χ0) is 17.4. The maximum absolute atomic E-state index is 12.7. The van der Waals surface area contributed by atoms with E-state index in [1.165, 1.54) is 0 Å². The van der Waals surface area contributed by atoms with Crippen molar-refractivity contribution in [1.29, 1.82) is 0 Å². The Balaban J connectivity index is 2.10. The van der Waals surface area contributed by atoms with E-state index >= 15 is 0 Å². The molecule has 1 unspecified atom stereocenters. The second-order valence-electron chi connectivity index (χ2n) is 5.65. The van der Waals surface area contributed by atoms with Crippen LogP contribution in [-0.2, 0) is 13.0 Å². The van der Waals surface area contributed by atoms with Crippen LogP contribution in [0, 0.1) is 0 Å². The summed E-state index contributed by atoms with van der Waals surface area (Å²) >= 11 is 0. The van der Waals surface area contributed by atoms with Gasteiger partial charge >= 0.3 is 6.03 Å². The normalized spacial score (nSPS) is 11.8. The molecule has 1 aromatic heterocycles. The van der Waals surface area contributed by atoms with Crippen LogP contribution >= 0.6 is 0 Å². The standard InChI is InChI=1S/C18H24N4O2/c1-3-17-19-11-16(12-20-17)21-18(24)22(14(2)9-10-23)13-15-7-5-4-6-8-15/h4-8,11-12,14,23H,3,9-10,13H2,1-2H3,(H,21,24). The van der Waals surface area contributed by atoms with Crippen molar-refractivity contribution in [2.75, 3.05) is 11.9 Å². The van der Waals surface area contributed by atoms with Crippen molar-refractivity contribution >= 4 is 11.7 Å². The maximum atomic E-state index is 12.7. The van der Waals surface area contributed by atoms with Gasteiger partial charge in [-0.05, 0) is 18.9 Å². The zero-order valence-electron chi connectivity index (χ0n) is 14.1. The Morgan fingerprint density at radius 3 is 2.50 bits per heavy atom. The number of aromatic nitrogens is 2. The average molecular weight is 328 g/mol. The second kappa shape index (κ2) is 8.98. The van der Waals surface area contributed by atoms with Gasteiger partial charge < -0.3 is 15.3 Å². The molecule has 1 atom stereocenters. The molecule has 6 heteroatoms. The lowest BCUT2D eigenvalue weighted by Crippen LogP contribution is -2.41. The molecule has 0 aliphatic carbocycles. The molecule has 0 spiro atoms. The van der Waals surface area contributed by atoms with Crippen molar-refractivity contribution in [3.63, 3.8) is 0 Å². The minimum atomic E-state index is -0.229. The third-order valence-corrected chi connectivity index (χ3v) is 3.81. The Kier molecular flexibility index (Phi) is 6.69. The maximum Gasteiger partial charge on any atom is 0.322 e. The minimum absolute atomic E-state index is 0.0358. The molecule has 0 radical (unpaired) electrons. The molecule has 1 aromatic carbocycles. The van der Waals surface area contributed by atoms with Crippen molar-refractivity contribution in [2.45, 2.75) is 39.3 Å². The number of carbonyl (C=O) groups is 1. The van der Waals surface area contributed by atoms with Gasteiger partial charge in [0, 0.05) is 25.6 Å². The van der Waals surface area contributed by atoms with Crippen molar-refractivity contribution in [2.24, 2.45) is 0 Å². The number of nitrogens with one attached hydrogen (secondary N) is 1. The van der Waals surface area contributed by atoms with E-state index in [4.69, 9.17) is 0 Å². The van der Waals surface area contributed by atoms with Gasteiger partial charge in [0.25, 0.3) is 0 Å². The lowest BCUT2D eigenvalue weighted by atomic mass is 10.1. The Bertz CT molecular complexity index is 631. The van der Waals surface area contributed by atoms with Crippen molar-refractivity contribution < 1.29 is 9.90 Å². The van der Waals surface area contributed by atoms with Crippen molar-refractivity contribution in [3.8, 4) is 0 Å². The molecule has 1 heterocycles. The molecular weight excluding hydrogens is 304 g/mol. The van der Waals surface area contributed by atoms with Crippen LogP contribution in [0.15, 0.2) is 42.7 Å². The quantitative estimate of drug-likeness (QED) is 0.819. The molecule has 2 rings (SSSR count). The van der Waals surface area contributed by atoms with E-state index in [2.05, 4.69) is 15.3 Å². The zero-order valence-corrected chi connectivity index (χ0v) is 14.1. The summed E-state index contributed by atoms with van der Waals surface area (Å²) < 4.78 is 0. The largest absolute Gasteiger partial charge is 0.396 e. The number of anilines is 1. The highest BCUT2D eigenvalue weighted by molar-refractivity contribution is 5.89. The van der Waals surface area contributed by atoms with E-state index in [0.717, 1.165) is 17.8 Å². The Morgan fingerprint density at radius 1 is 1.25 bits per heavy atom. The molecule has 2 amide bonds. The van der Waals surface area contributed by atoms with E-state index in [1.807, 2.05) is 44.2 Å².